The number of H-pyrrole nitrogens is 1. The summed E-state index contributed by atoms with van der Waals surface area (Å²) in [6, 6.07) is 19.6. The third kappa shape index (κ3) is 4.41. The Morgan fingerprint density at radius 2 is 2.03 bits per heavy atom. The number of nitro groups is 1. The van der Waals surface area contributed by atoms with Crippen LogP contribution < -0.4 is 4.74 Å². The molecule has 0 aliphatic rings. The van der Waals surface area contributed by atoms with E-state index in [0.29, 0.717) is 33.7 Å². The second-order valence-electron chi connectivity index (χ2n) is 6.67. The average Bonchev–Trinajstić information content (AvgIpc) is 3.19. The van der Waals surface area contributed by atoms with Gasteiger partial charge in [-0.1, -0.05) is 30.3 Å². The zero-order valence-electron chi connectivity index (χ0n) is 16.1. The van der Waals surface area contributed by atoms with Gasteiger partial charge >= 0.3 is 0 Å². The molecule has 0 saturated carbocycles. The summed E-state index contributed by atoms with van der Waals surface area (Å²) in [5.74, 6) is 0.422. The van der Waals surface area contributed by atoms with Crippen LogP contribution in [0.25, 0.3) is 22.7 Å². The van der Waals surface area contributed by atoms with E-state index >= 15 is 0 Å². The lowest BCUT2D eigenvalue weighted by atomic mass is 10.1. The number of hydrogen-bond acceptors (Lipinski definition) is 5. The van der Waals surface area contributed by atoms with Crippen molar-refractivity contribution in [1.29, 1.82) is 5.26 Å². The smallest absolute Gasteiger partial charge is 0.269 e. The molecule has 152 valence electrons. The highest BCUT2D eigenvalue weighted by Gasteiger charge is 2.11. The van der Waals surface area contributed by atoms with Crippen molar-refractivity contribution in [1.82, 2.24) is 9.97 Å². The molecule has 1 aromatic heterocycles. The molecule has 0 amide bonds. The number of nitrogens with one attached hydrogen (secondary N) is 1. The fraction of sp³-hybridized carbons (Fsp3) is 0.0435. The lowest BCUT2D eigenvalue weighted by Crippen LogP contribution is -1.98. The van der Waals surface area contributed by atoms with E-state index in [4.69, 9.17) is 4.74 Å². The predicted molar refractivity (Wildman–Crippen MR) is 113 cm³/mol. The van der Waals surface area contributed by atoms with Crippen molar-refractivity contribution in [3.05, 3.63) is 99.6 Å². The summed E-state index contributed by atoms with van der Waals surface area (Å²) in [4.78, 5) is 17.8. The number of ether oxygens (including phenoxy) is 1. The first kappa shape index (κ1) is 19.8. The van der Waals surface area contributed by atoms with Crippen LogP contribution in [-0.2, 0) is 6.61 Å². The summed E-state index contributed by atoms with van der Waals surface area (Å²) >= 11 is 0. The van der Waals surface area contributed by atoms with Crippen molar-refractivity contribution in [2.75, 3.05) is 0 Å². The molecule has 7 nitrogen and oxygen atoms in total. The first-order valence-corrected chi connectivity index (χ1v) is 9.26. The highest BCUT2D eigenvalue weighted by Crippen LogP contribution is 2.26. The van der Waals surface area contributed by atoms with E-state index < -0.39 is 10.7 Å². The molecule has 0 aliphatic carbocycles. The summed E-state index contributed by atoms with van der Waals surface area (Å²) in [6.07, 6.45) is 1.62. The van der Waals surface area contributed by atoms with Crippen molar-refractivity contribution >= 4 is 28.4 Å². The van der Waals surface area contributed by atoms with Crippen molar-refractivity contribution in [2.24, 2.45) is 0 Å². The highest BCUT2D eigenvalue weighted by molar-refractivity contribution is 5.91. The zero-order valence-corrected chi connectivity index (χ0v) is 16.1. The van der Waals surface area contributed by atoms with Gasteiger partial charge in [-0.05, 0) is 35.9 Å². The van der Waals surface area contributed by atoms with Crippen LogP contribution in [0.15, 0.2) is 66.7 Å². The van der Waals surface area contributed by atoms with Gasteiger partial charge in [-0.15, -0.1) is 0 Å². The minimum atomic E-state index is -0.460. The summed E-state index contributed by atoms with van der Waals surface area (Å²) in [7, 11) is 0. The molecule has 1 heterocycles. The Morgan fingerprint density at radius 1 is 1.19 bits per heavy atom. The maximum atomic E-state index is 13.4. The number of fused-ring (bicyclic) bond motifs is 1. The molecular weight excluding hydrogens is 399 g/mol. The number of halogens is 1. The Labute approximate surface area is 176 Å². The number of nitriles is 1. The van der Waals surface area contributed by atoms with E-state index in [1.165, 1.54) is 30.3 Å². The Kier molecular flexibility index (Phi) is 5.41. The zero-order chi connectivity index (χ0) is 21.8. The molecule has 1 N–H and O–H groups in total. The van der Waals surface area contributed by atoms with Gasteiger partial charge in [0.05, 0.1) is 21.5 Å². The highest BCUT2D eigenvalue weighted by atomic mass is 19.1. The summed E-state index contributed by atoms with van der Waals surface area (Å²) in [5.41, 5.74) is 2.56. The molecule has 0 fully saturated rings. The molecule has 8 heteroatoms. The van der Waals surface area contributed by atoms with Crippen LogP contribution in [0.1, 0.15) is 17.0 Å². The minimum Gasteiger partial charge on any atom is -0.488 e. The molecule has 0 atom stereocenters. The van der Waals surface area contributed by atoms with Crippen LogP contribution in [0.5, 0.6) is 5.75 Å². The first-order chi connectivity index (χ1) is 15.0. The number of nitro benzene ring substituents is 1. The summed E-state index contributed by atoms with van der Waals surface area (Å²) < 4.78 is 19.3. The molecule has 0 spiro atoms. The first-order valence-electron chi connectivity index (χ1n) is 9.26. The van der Waals surface area contributed by atoms with Gasteiger partial charge in [0.25, 0.3) is 5.69 Å². The minimum absolute atomic E-state index is 0.0117. The van der Waals surface area contributed by atoms with Crippen LogP contribution in [0, 0.1) is 27.3 Å². The van der Waals surface area contributed by atoms with E-state index in [1.807, 2.05) is 0 Å². The van der Waals surface area contributed by atoms with Crippen molar-refractivity contribution < 1.29 is 14.1 Å². The number of rotatable bonds is 6. The number of aromatic amines is 1. The third-order valence-electron chi connectivity index (χ3n) is 4.55. The molecule has 0 radical (unpaired) electrons. The van der Waals surface area contributed by atoms with Gasteiger partial charge < -0.3 is 9.72 Å². The Bertz CT molecular complexity index is 1350. The normalized spacial score (nSPS) is 11.3. The number of nitrogens with zero attached hydrogens (tertiary/aromatic N) is 3. The molecule has 31 heavy (non-hydrogen) atoms. The van der Waals surface area contributed by atoms with E-state index in [1.54, 1.807) is 42.5 Å². The molecular formula is C23H15FN4O3. The number of hydrogen-bond donors (Lipinski definition) is 1. The Hall–Kier alpha value is -4.51. The fourth-order valence-electron chi connectivity index (χ4n) is 3.07. The van der Waals surface area contributed by atoms with Gasteiger partial charge in [0.15, 0.2) is 0 Å². The van der Waals surface area contributed by atoms with Crippen LogP contribution in [0.3, 0.4) is 0 Å². The number of imidazole rings is 1. The monoisotopic (exact) mass is 414 g/mol. The largest absolute Gasteiger partial charge is 0.488 e. The second-order valence-corrected chi connectivity index (χ2v) is 6.67. The van der Waals surface area contributed by atoms with Gasteiger partial charge in [-0.3, -0.25) is 10.1 Å². The van der Waals surface area contributed by atoms with Crippen molar-refractivity contribution in [3.8, 4) is 11.8 Å². The predicted octanol–water partition coefficient (Wildman–Crippen LogP) is 5.25. The molecule has 0 bridgehead atoms. The van der Waals surface area contributed by atoms with E-state index in [0.717, 1.165) is 0 Å². The SMILES string of the molecule is N#C/C(=C/c1ccccc1OCc1cccc([N+](=O)[O-])c1)c1nc2ccc(F)cc2[nH]1. The van der Waals surface area contributed by atoms with Gasteiger partial charge in [0.1, 0.15) is 30.1 Å². The molecule has 3 aromatic carbocycles. The van der Waals surface area contributed by atoms with E-state index in [2.05, 4.69) is 16.0 Å². The van der Waals surface area contributed by atoms with Crippen LogP contribution in [-0.4, -0.2) is 14.9 Å². The molecule has 0 aliphatic heterocycles. The average molecular weight is 414 g/mol. The van der Waals surface area contributed by atoms with Crippen LogP contribution in [0.2, 0.25) is 0 Å². The topological polar surface area (TPSA) is 105 Å². The van der Waals surface area contributed by atoms with Crippen molar-refractivity contribution in [2.45, 2.75) is 6.61 Å². The van der Waals surface area contributed by atoms with Gasteiger partial charge in [0.2, 0.25) is 0 Å². The lowest BCUT2D eigenvalue weighted by Gasteiger charge is -2.09. The fourth-order valence-corrected chi connectivity index (χ4v) is 3.07. The maximum absolute atomic E-state index is 13.4. The molecule has 0 saturated heterocycles. The molecule has 0 unspecified atom stereocenters. The number of non-ortho nitro benzene ring substituents is 1. The van der Waals surface area contributed by atoms with Crippen molar-refractivity contribution in [3.63, 3.8) is 0 Å². The third-order valence-corrected chi connectivity index (χ3v) is 4.55. The number of benzene rings is 3. The quantitative estimate of drug-likeness (QED) is 0.263. The number of allylic oxidation sites excluding steroid dienone is 1. The second kappa shape index (κ2) is 8.47. The Balaban J connectivity index is 1.62. The maximum Gasteiger partial charge on any atom is 0.269 e. The van der Waals surface area contributed by atoms with Crippen LogP contribution in [0.4, 0.5) is 10.1 Å². The standard InChI is InChI=1S/C23H15FN4O3/c24-18-8-9-20-21(12-18)27-23(26-20)17(13-25)11-16-5-1-2-7-22(16)31-14-15-4-3-6-19(10-15)28(29)30/h1-12H,14H2,(H,26,27)/b17-11-. The number of para-hydroxylation sites is 1. The lowest BCUT2D eigenvalue weighted by molar-refractivity contribution is -0.384. The summed E-state index contributed by atoms with van der Waals surface area (Å²) in [5, 5.41) is 20.6. The molecule has 4 aromatic rings. The summed E-state index contributed by atoms with van der Waals surface area (Å²) in [6.45, 7) is 0.123. The van der Waals surface area contributed by atoms with Crippen LogP contribution >= 0.6 is 0 Å². The Morgan fingerprint density at radius 3 is 2.84 bits per heavy atom. The molecule has 4 rings (SSSR count). The van der Waals surface area contributed by atoms with Gasteiger partial charge in [-0.2, -0.15) is 5.26 Å². The number of aromatic nitrogens is 2. The van der Waals surface area contributed by atoms with E-state index in [-0.39, 0.29) is 17.9 Å². The van der Waals surface area contributed by atoms with E-state index in [9.17, 15) is 19.8 Å². The van der Waals surface area contributed by atoms with Gasteiger partial charge in [-0.25, -0.2) is 9.37 Å². The van der Waals surface area contributed by atoms with Gasteiger partial charge in [0, 0.05) is 17.7 Å².